The van der Waals surface area contributed by atoms with E-state index < -0.39 is 0 Å². The molecule has 0 unspecified atom stereocenters. The maximum atomic E-state index is 12.9. The minimum Gasteiger partial charge on any atom is -0.370 e. The Hall–Kier alpha value is -1.91. The molecule has 4 nitrogen and oxygen atoms in total. The van der Waals surface area contributed by atoms with E-state index in [2.05, 4.69) is 0 Å². The van der Waals surface area contributed by atoms with Crippen LogP contribution in [0.25, 0.3) is 0 Å². The highest BCUT2D eigenvalue weighted by Crippen LogP contribution is 2.48. The second-order valence-electron chi connectivity index (χ2n) is 6.44. The maximum absolute atomic E-state index is 12.9. The summed E-state index contributed by atoms with van der Waals surface area (Å²) in [6, 6.07) is 6.44. The molecule has 2 aliphatic rings. The molecule has 1 aromatic carbocycles. The van der Waals surface area contributed by atoms with Gasteiger partial charge in [-0.25, -0.2) is 4.39 Å². The molecule has 1 aliphatic carbocycles. The van der Waals surface area contributed by atoms with Gasteiger partial charge in [0.25, 0.3) is 0 Å². The number of nitrogens with zero attached hydrogens (tertiary/aromatic N) is 1. The van der Waals surface area contributed by atoms with Crippen molar-refractivity contribution in [3.8, 4) is 0 Å². The van der Waals surface area contributed by atoms with Crippen LogP contribution in [-0.2, 0) is 9.59 Å². The largest absolute Gasteiger partial charge is 0.370 e. The van der Waals surface area contributed by atoms with E-state index in [1.807, 2.05) is 4.90 Å². The normalized spacial score (nSPS) is 25.0. The Kier molecular flexibility index (Phi) is 4.14. The van der Waals surface area contributed by atoms with Crippen LogP contribution in [0, 0.1) is 17.7 Å². The first-order chi connectivity index (χ1) is 10.5. The number of carbonyl (C=O) groups is 2. The fourth-order valence-electron chi connectivity index (χ4n) is 3.42. The zero-order valence-corrected chi connectivity index (χ0v) is 12.5. The molecule has 3 rings (SSSR count). The van der Waals surface area contributed by atoms with Crippen LogP contribution in [0.1, 0.15) is 37.2 Å². The maximum Gasteiger partial charge on any atom is 0.226 e. The van der Waals surface area contributed by atoms with Crippen molar-refractivity contribution in [3.63, 3.8) is 0 Å². The molecule has 2 fully saturated rings. The summed E-state index contributed by atoms with van der Waals surface area (Å²) in [6.07, 6.45) is 2.97. The third-order valence-electron chi connectivity index (χ3n) is 4.82. The number of rotatable bonds is 4. The monoisotopic (exact) mass is 304 g/mol. The summed E-state index contributed by atoms with van der Waals surface area (Å²) in [7, 11) is 0. The van der Waals surface area contributed by atoms with E-state index in [0.717, 1.165) is 24.8 Å². The molecule has 1 heterocycles. The lowest BCUT2D eigenvalue weighted by atomic mass is 9.93. The van der Waals surface area contributed by atoms with Crippen molar-refractivity contribution in [1.29, 1.82) is 0 Å². The Bertz CT molecular complexity index is 565. The minimum absolute atomic E-state index is 0.0400. The van der Waals surface area contributed by atoms with Gasteiger partial charge < -0.3 is 10.6 Å². The molecule has 22 heavy (non-hydrogen) atoms. The molecule has 2 N–H and O–H groups in total. The molecular formula is C17H21FN2O2. The van der Waals surface area contributed by atoms with Crippen molar-refractivity contribution < 1.29 is 14.0 Å². The molecule has 0 radical (unpaired) electrons. The number of halogens is 1. The zero-order valence-electron chi connectivity index (χ0n) is 12.5. The van der Waals surface area contributed by atoms with Gasteiger partial charge >= 0.3 is 0 Å². The topological polar surface area (TPSA) is 63.4 Å². The standard InChI is InChI=1S/C17H21FN2O2/c18-13-3-1-12(2-4-13)14-10-15(14)17(22)20-7-5-11(6-8-20)9-16(19)21/h1-4,11,14-15H,5-10H2,(H2,19,21)/t14-,15+/m0/s1. The Labute approximate surface area is 129 Å². The third kappa shape index (κ3) is 3.29. The van der Waals surface area contributed by atoms with Crippen LogP contribution < -0.4 is 5.73 Å². The average molecular weight is 304 g/mol. The molecule has 1 aromatic rings. The second-order valence-corrected chi connectivity index (χ2v) is 6.44. The van der Waals surface area contributed by atoms with Crippen molar-refractivity contribution in [2.24, 2.45) is 17.6 Å². The van der Waals surface area contributed by atoms with Gasteiger partial charge in [0.15, 0.2) is 0 Å². The number of likely N-dealkylation sites (tertiary alicyclic amines) is 1. The first-order valence-corrected chi connectivity index (χ1v) is 7.87. The molecule has 1 saturated heterocycles. The molecule has 2 atom stereocenters. The molecule has 0 spiro atoms. The summed E-state index contributed by atoms with van der Waals surface area (Å²) in [6.45, 7) is 1.42. The quantitative estimate of drug-likeness (QED) is 0.925. The number of hydrogen-bond donors (Lipinski definition) is 1. The number of primary amides is 1. The Morgan fingerprint density at radius 3 is 2.41 bits per heavy atom. The fourth-order valence-corrected chi connectivity index (χ4v) is 3.42. The molecule has 1 aliphatic heterocycles. The van der Waals surface area contributed by atoms with Gasteiger partial charge in [-0.2, -0.15) is 0 Å². The summed E-state index contributed by atoms with van der Waals surface area (Å²) in [5, 5.41) is 0. The predicted octanol–water partition coefficient (Wildman–Crippen LogP) is 2.04. The summed E-state index contributed by atoms with van der Waals surface area (Å²) in [5.74, 6) is 0.280. The van der Waals surface area contributed by atoms with Crippen LogP contribution in [0.5, 0.6) is 0 Å². The van der Waals surface area contributed by atoms with E-state index in [0.29, 0.717) is 25.4 Å². The van der Waals surface area contributed by atoms with Gasteiger partial charge in [0.1, 0.15) is 5.82 Å². The number of hydrogen-bond acceptors (Lipinski definition) is 2. The van der Waals surface area contributed by atoms with Crippen molar-refractivity contribution >= 4 is 11.8 Å². The van der Waals surface area contributed by atoms with E-state index in [9.17, 15) is 14.0 Å². The van der Waals surface area contributed by atoms with Crippen LogP contribution in [0.15, 0.2) is 24.3 Å². The van der Waals surface area contributed by atoms with Crippen molar-refractivity contribution in [1.82, 2.24) is 4.90 Å². The summed E-state index contributed by atoms with van der Waals surface area (Å²) in [5.41, 5.74) is 6.27. The van der Waals surface area contributed by atoms with Crippen molar-refractivity contribution in [2.75, 3.05) is 13.1 Å². The van der Waals surface area contributed by atoms with Crippen molar-refractivity contribution in [3.05, 3.63) is 35.6 Å². The highest BCUT2D eigenvalue weighted by molar-refractivity contribution is 5.83. The number of piperidine rings is 1. The molecule has 0 bridgehead atoms. The Morgan fingerprint density at radius 1 is 1.18 bits per heavy atom. The van der Waals surface area contributed by atoms with Crippen LogP contribution in [0.4, 0.5) is 4.39 Å². The van der Waals surface area contributed by atoms with Gasteiger partial charge in [-0.1, -0.05) is 12.1 Å². The summed E-state index contributed by atoms with van der Waals surface area (Å²) in [4.78, 5) is 25.3. The van der Waals surface area contributed by atoms with E-state index in [1.165, 1.54) is 12.1 Å². The lowest BCUT2D eigenvalue weighted by Gasteiger charge is -2.31. The van der Waals surface area contributed by atoms with Gasteiger partial charge in [0, 0.05) is 25.4 Å². The molecular weight excluding hydrogens is 283 g/mol. The number of carbonyl (C=O) groups excluding carboxylic acids is 2. The molecule has 5 heteroatoms. The number of nitrogens with two attached hydrogens (primary N) is 1. The molecule has 1 saturated carbocycles. The summed E-state index contributed by atoms with van der Waals surface area (Å²) >= 11 is 0. The lowest BCUT2D eigenvalue weighted by Crippen LogP contribution is -2.40. The highest BCUT2D eigenvalue weighted by atomic mass is 19.1. The Balaban J connectivity index is 1.52. The fraction of sp³-hybridized carbons (Fsp3) is 0.529. The number of amides is 2. The van der Waals surface area contributed by atoms with Gasteiger partial charge in [-0.15, -0.1) is 0 Å². The molecule has 2 amide bonds. The van der Waals surface area contributed by atoms with Crippen LogP contribution in [0.3, 0.4) is 0 Å². The minimum atomic E-state index is -0.261. The predicted molar refractivity (Wildman–Crippen MR) is 80.4 cm³/mol. The third-order valence-corrected chi connectivity index (χ3v) is 4.82. The smallest absolute Gasteiger partial charge is 0.226 e. The molecule has 0 aromatic heterocycles. The van der Waals surface area contributed by atoms with Gasteiger partial charge in [0.05, 0.1) is 0 Å². The van der Waals surface area contributed by atoms with Gasteiger partial charge in [0.2, 0.25) is 11.8 Å². The average Bonchev–Trinajstić information content (AvgIpc) is 3.28. The Morgan fingerprint density at radius 2 is 1.82 bits per heavy atom. The highest BCUT2D eigenvalue weighted by Gasteiger charge is 2.46. The van der Waals surface area contributed by atoms with E-state index in [-0.39, 0.29) is 29.5 Å². The van der Waals surface area contributed by atoms with Crippen LogP contribution in [0.2, 0.25) is 0 Å². The summed E-state index contributed by atoms with van der Waals surface area (Å²) < 4.78 is 12.9. The second kappa shape index (κ2) is 6.07. The lowest BCUT2D eigenvalue weighted by molar-refractivity contribution is -0.134. The van der Waals surface area contributed by atoms with Gasteiger partial charge in [-0.3, -0.25) is 9.59 Å². The van der Waals surface area contributed by atoms with E-state index in [4.69, 9.17) is 5.73 Å². The van der Waals surface area contributed by atoms with Crippen LogP contribution >= 0.6 is 0 Å². The number of benzene rings is 1. The first kappa shape index (κ1) is 15.0. The van der Waals surface area contributed by atoms with E-state index in [1.54, 1.807) is 12.1 Å². The van der Waals surface area contributed by atoms with E-state index >= 15 is 0 Å². The molecule has 118 valence electrons. The SMILES string of the molecule is NC(=O)CC1CCN(C(=O)[C@@H]2C[C@H]2c2ccc(F)cc2)CC1. The zero-order chi connectivity index (χ0) is 15.7. The van der Waals surface area contributed by atoms with Gasteiger partial charge in [-0.05, 0) is 48.8 Å². The van der Waals surface area contributed by atoms with Crippen LogP contribution in [-0.4, -0.2) is 29.8 Å². The first-order valence-electron chi connectivity index (χ1n) is 7.87. The van der Waals surface area contributed by atoms with Crippen molar-refractivity contribution in [2.45, 2.75) is 31.6 Å².